The van der Waals surface area contributed by atoms with E-state index < -0.39 is 0 Å². The molecule has 3 rings (SSSR count). The number of amides is 1. The first-order valence-corrected chi connectivity index (χ1v) is 9.70. The van der Waals surface area contributed by atoms with Gasteiger partial charge in [0.05, 0.1) is 29.1 Å². The minimum atomic E-state index is -0.163. The SMILES string of the molecule is CCc1c(C(=O)NCCCOc2ccc(Cl)cc2Cl)cnn1-c1ccccn1. The van der Waals surface area contributed by atoms with E-state index in [2.05, 4.69) is 15.4 Å². The molecule has 28 heavy (non-hydrogen) atoms. The average Bonchev–Trinajstić information content (AvgIpc) is 3.14. The molecular weight excluding hydrogens is 399 g/mol. The smallest absolute Gasteiger partial charge is 0.254 e. The zero-order valence-corrected chi connectivity index (χ0v) is 16.9. The molecule has 2 aromatic heterocycles. The molecule has 0 unspecified atom stereocenters. The fourth-order valence-electron chi connectivity index (χ4n) is 2.72. The predicted octanol–water partition coefficient (Wildman–Crippen LogP) is 4.34. The molecular formula is C20H20Cl2N4O2. The van der Waals surface area contributed by atoms with Gasteiger partial charge in [0, 0.05) is 17.8 Å². The Balaban J connectivity index is 1.53. The van der Waals surface area contributed by atoms with Crippen LogP contribution in [0, 0.1) is 0 Å². The summed E-state index contributed by atoms with van der Waals surface area (Å²) >= 11 is 11.9. The molecule has 1 N–H and O–H groups in total. The normalized spacial score (nSPS) is 10.7. The summed E-state index contributed by atoms with van der Waals surface area (Å²) < 4.78 is 7.31. The van der Waals surface area contributed by atoms with Gasteiger partial charge in [-0.05, 0) is 43.2 Å². The number of hydrogen-bond donors (Lipinski definition) is 1. The van der Waals surface area contributed by atoms with Crippen molar-refractivity contribution in [1.29, 1.82) is 0 Å². The summed E-state index contributed by atoms with van der Waals surface area (Å²) in [6.45, 7) is 2.88. The molecule has 146 valence electrons. The second-order valence-corrected chi connectivity index (χ2v) is 6.83. The van der Waals surface area contributed by atoms with Crippen LogP contribution in [0.3, 0.4) is 0 Å². The number of benzene rings is 1. The van der Waals surface area contributed by atoms with Gasteiger partial charge in [-0.3, -0.25) is 4.79 Å². The third kappa shape index (κ3) is 4.82. The Morgan fingerprint density at radius 1 is 1.25 bits per heavy atom. The molecule has 0 saturated carbocycles. The number of carbonyl (C=O) groups excluding carboxylic acids is 1. The summed E-state index contributed by atoms with van der Waals surface area (Å²) in [6.07, 6.45) is 4.58. The van der Waals surface area contributed by atoms with Crippen LogP contribution in [-0.4, -0.2) is 33.8 Å². The molecule has 0 radical (unpaired) electrons. The Hall–Kier alpha value is -2.57. The largest absolute Gasteiger partial charge is 0.492 e. The molecule has 0 spiro atoms. The van der Waals surface area contributed by atoms with Crippen LogP contribution in [0.2, 0.25) is 10.0 Å². The molecule has 2 heterocycles. The number of nitrogens with one attached hydrogen (secondary N) is 1. The first-order chi connectivity index (χ1) is 13.6. The van der Waals surface area contributed by atoms with E-state index in [9.17, 15) is 4.79 Å². The minimum Gasteiger partial charge on any atom is -0.492 e. The second kappa shape index (κ2) is 9.57. The zero-order valence-electron chi connectivity index (χ0n) is 15.4. The summed E-state index contributed by atoms with van der Waals surface area (Å²) in [4.78, 5) is 16.8. The number of aromatic nitrogens is 3. The topological polar surface area (TPSA) is 69.0 Å². The van der Waals surface area contributed by atoms with Crippen LogP contribution >= 0.6 is 23.2 Å². The molecule has 0 atom stereocenters. The van der Waals surface area contributed by atoms with Gasteiger partial charge in [0.2, 0.25) is 0 Å². The summed E-state index contributed by atoms with van der Waals surface area (Å²) in [5.74, 6) is 1.09. The number of halogens is 2. The van der Waals surface area contributed by atoms with Gasteiger partial charge in [0.15, 0.2) is 5.82 Å². The number of ether oxygens (including phenoxy) is 1. The molecule has 0 aliphatic heterocycles. The van der Waals surface area contributed by atoms with E-state index in [4.69, 9.17) is 27.9 Å². The van der Waals surface area contributed by atoms with Crippen molar-refractivity contribution in [2.45, 2.75) is 19.8 Å². The summed E-state index contributed by atoms with van der Waals surface area (Å²) in [5, 5.41) is 8.25. The van der Waals surface area contributed by atoms with Crippen LogP contribution in [-0.2, 0) is 6.42 Å². The molecule has 0 fully saturated rings. The van der Waals surface area contributed by atoms with Gasteiger partial charge >= 0.3 is 0 Å². The van der Waals surface area contributed by atoms with Crippen LogP contribution in [0.15, 0.2) is 48.8 Å². The van der Waals surface area contributed by atoms with E-state index >= 15 is 0 Å². The maximum atomic E-state index is 12.5. The van der Waals surface area contributed by atoms with Gasteiger partial charge in [0.25, 0.3) is 5.91 Å². The Morgan fingerprint density at radius 3 is 2.82 bits per heavy atom. The van der Waals surface area contributed by atoms with Gasteiger partial charge in [-0.25, -0.2) is 9.67 Å². The zero-order chi connectivity index (χ0) is 19.9. The highest BCUT2D eigenvalue weighted by atomic mass is 35.5. The molecule has 1 aromatic carbocycles. The van der Waals surface area contributed by atoms with Gasteiger partial charge in [-0.1, -0.05) is 36.2 Å². The molecule has 0 bridgehead atoms. The molecule has 8 heteroatoms. The van der Waals surface area contributed by atoms with E-state index in [0.29, 0.717) is 53.2 Å². The maximum absolute atomic E-state index is 12.5. The lowest BCUT2D eigenvalue weighted by molar-refractivity contribution is 0.0950. The fourth-order valence-corrected chi connectivity index (χ4v) is 3.19. The van der Waals surface area contributed by atoms with Gasteiger partial charge in [0.1, 0.15) is 5.75 Å². The summed E-state index contributed by atoms with van der Waals surface area (Å²) in [5.41, 5.74) is 1.37. The highest BCUT2D eigenvalue weighted by Crippen LogP contribution is 2.27. The highest BCUT2D eigenvalue weighted by Gasteiger charge is 2.17. The van der Waals surface area contributed by atoms with Gasteiger partial charge in [-0.2, -0.15) is 5.10 Å². The van der Waals surface area contributed by atoms with E-state index in [0.717, 1.165) is 5.69 Å². The molecule has 6 nitrogen and oxygen atoms in total. The van der Waals surface area contributed by atoms with E-state index in [1.165, 1.54) is 0 Å². The van der Waals surface area contributed by atoms with Crippen LogP contribution in [0.4, 0.5) is 0 Å². The van der Waals surface area contributed by atoms with Crippen LogP contribution < -0.4 is 10.1 Å². The molecule has 1 amide bonds. The molecule has 0 aliphatic carbocycles. The molecule has 0 saturated heterocycles. The van der Waals surface area contributed by atoms with Crippen LogP contribution in [0.1, 0.15) is 29.4 Å². The lowest BCUT2D eigenvalue weighted by Gasteiger charge is -2.09. The van der Waals surface area contributed by atoms with Crippen LogP contribution in [0.25, 0.3) is 5.82 Å². The van der Waals surface area contributed by atoms with Crippen molar-refractivity contribution in [2.75, 3.05) is 13.2 Å². The maximum Gasteiger partial charge on any atom is 0.254 e. The van der Waals surface area contributed by atoms with Crippen molar-refractivity contribution in [3.05, 3.63) is 70.1 Å². The first-order valence-electron chi connectivity index (χ1n) is 8.94. The van der Waals surface area contributed by atoms with E-state index in [1.54, 1.807) is 35.3 Å². The quantitative estimate of drug-likeness (QED) is 0.552. The van der Waals surface area contributed by atoms with Crippen molar-refractivity contribution in [2.24, 2.45) is 0 Å². The second-order valence-electron chi connectivity index (χ2n) is 5.99. The minimum absolute atomic E-state index is 0.163. The van der Waals surface area contributed by atoms with Crippen molar-refractivity contribution >= 4 is 29.1 Å². The first kappa shape index (κ1) is 20.2. The average molecular weight is 419 g/mol. The van der Waals surface area contributed by atoms with Gasteiger partial charge < -0.3 is 10.1 Å². The molecule has 0 aliphatic rings. The lowest BCUT2D eigenvalue weighted by Crippen LogP contribution is -2.26. The number of nitrogens with zero attached hydrogens (tertiary/aromatic N) is 3. The Morgan fingerprint density at radius 2 is 2.11 bits per heavy atom. The predicted molar refractivity (Wildman–Crippen MR) is 110 cm³/mol. The highest BCUT2D eigenvalue weighted by molar-refractivity contribution is 6.35. The van der Waals surface area contributed by atoms with E-state index in [1.807, 2.05) is 25.1 Å². The third-order valence-corrected chi connectivity index (χ3v) is 4.60. The molecule has 3 aromatic rings. The van der Waals surface area contributed by atoms with Crippen molar-refractivity contribution < 1.29 is 9.53 Å². The summed E-state index contributed by atoms with van der Waals surface area (Å²) in [7, 11) is 0. The fraction of sp³-hybridized carbons (Fsp3) is 0.250. The number of carbonyl (C=O) groups is 1. The van der Waals surface area contributed by atoms with Crippen molar-refractivity contribution in [3.63, 3.8) is 0 Å². The summed E-state index contributed by atoms with van der Waals surface area (Å²) in [6, 6.07) is 10.7. The van der Waals surface area contributed by atoms with Crippen molar-refractivity contribution in [3.8, 4) is 11.6 Å². The van der Waals surface area contributed by atoms with E-state index in [-0.39, 0.29) is 5.91 Å². The Kier molecular flexibility index (Phi) is 6.90. The van der Waals surface area contributed by atoms with Crippen LogP contribution in [0.5, 0.6) is 5.75 Å². The lowest BCUT2D eigenvalue weighted by atomic mass is 10.2. The number of rotatable bonds is 8. The Bertz CT molecular complexity index is 945. The number of pyridine rings is 1. The monoisotopic (exact) mass is 418 g/mol. The Labute approximate surface area is 173 Å². The van der Waals surface area contributed by atoms with Crippen molar-refractivity contribution in [1.82, 2.24) is 20.1 Å². The van der Waals surface area contributed by atoms with Gasteiger partial charge in [-0.15, -0.1) is 0 Å². The number of hydrogen-bond acceptors (Lipinski definition) is 4. The standard InChI is InChI=1S/C20H20Cl2N4O2/c1-2-17-15(13-25-26(17)19-6-3-4-9-23-19)20(27)24-10-5-11-28-18-8-7-14(21)12-16(18)22/h3-4,6-9,12-13H,2,5,10-11H2,1H3,(H,24,27). The third-order valence-electron chi connectivity index (χ3n) is 4.07.